The molecule has 0 saturated carbocycles. The lowest BCUT2D eigenvalue weighted by Gasteiger charge is -2.40. The standard InChI is InChI=1S/C27H28ClF4N3O4/c1-38-16-2-3-23-18(12-16)24(19(28)15-33-23)20(29)4-5-27(26(36)34-37)6-8-35(9-7-27)10-11-39-17-13-21(30)25(32)22(31)14-17/h2-3,12-15,20,37H,4-11H2,1H3,(H,34,36). The number of amides is 1. The molecule has 2 aromatic carbocycles. The van der Waals surface area contributed by atoms with E-state index in [9.17, 15) is 23.2 Å². The van der Waals surface area contributed by atoms with E-state index in [2.05, 4.69) is 4.98 Å². The molecule has 1 aliphatic heterocycles. The second kappa shape index (κ2) is 12.4. The Labute approximate surface area is 227 Å². The number of carbonyl (C=O) groups is 1. The van der Waals surface area contributed by atoms with Gasteiger partial charge in [0, 0.05) is 35.8 Å². The van der Waals surface area contributed by atoms with Gasteiger partial charge < -0.3 is 9.47 Å². The van der Waals surface area contributed by atoms with Crippen molar-refractivity contribution in [1.29, 1.82) is 0 Å². The number of ether oxygens (including phenoxy) is 2. The maximum absolute atomic E-state index is 15.7. The number of carbonyl (C=O) groups excluding carboxylic acids is 1. The highest BCUT2D eigenvalue weighted by molar-refractivity contribution is 6.32. The van der Waals surface area contributed by atoms with E-state index in [1.54, 1.807) is 23.7 Å². The molecule has 1 atom stereocenters. The Hall–Kier alpha value is -3.15. The van der Waals surface area contributed by atoms with Crippen LogP contribution in [0, 0.1) is 22.9 Å². The summed E-state index contributed by atoms with van der Waals surface area (Å²) in [5, 5.41) is 10.1. The van der Waals surface area contributed by atoms with Gasteiger partial charge in [0.2, 0.25) is 5.91 Å². The smallest absolute Gasteiger partial charge is 0.249 e. The SMILES string of the molecule is COc1ccc2ncc(Cl)c(C(F)CCC3(C(=O)NO)CCN(CCOc4cc(F)c(F)c(F)c4)CC3)c2c1. The van der Waals surface area contributed by atoms with Crippen LogP contribution < -0.4 is 15.0 Å². The Morgan fingerprint density at radius 3 is 2.51 bits per heavy atom. The first kappa shape index (κ1) is 28.8. The Bertz CT molecular complexity index is 1310. The number of aromatic nitrogens is 1. The van der Waals surface area contributed by atoms with Crippen LogP contribution in [-0.4, -0.2) is 54.3 Å². The first-order valence-electron chi connectivity index (χ1n) is 12.4. The number of hydrogen-bond donors (Lipinski definition) is 2. The monoisotopic (exact) mass is 569 g/mol. The number of piperidine rings is 1. The van der Waals surface area contributed by atoms with Crippen LogP contribution in [-0.2, 0) is 4.79 Å². The van der Waals surface area contributed by atoms with Gasteiger partial charge in [-0.3, -0.25) is 19.9 Å². The number of pyridine rings is 1. The molecule has 1 aliphatic rings. The molecule has 1 saturated heterocycles. The number of fused-ring (bicyclic) bond motifs is 1. The number of hydroxylamine groups is 1. The van der Waals surface area contributed by atoms with Crippen LogP contribution in [0.3, 0.4) is 0 Å². The van der Waals surface area contributed by atoms with Gasteiger partial charge in [-0.25, -0.2) is 23.0 Å². The molecular formula is C27H28ClF4N3O4. The van der Waals surface area contributed by atoms with Gasteiger partial charge in [-0.05, 0) is 57.0 Å². The Morgan fingerprint density at radius 1 is 1.18 bits per heavy atom. The molecule has 210 valence electrons. The topological polar surface area (TPSA) is 83.9 Å². The maximum atomic E-state index is 15.7. The van der Waals surface area contributed by atoms with E-state index < -0.39 is 34.9 Å². The van der Waals surface area contributed by atoms with Crippen molar-refractivity contribution in [3.05, 3.63) is 64.6 Å². The quantitative estimate of drug-likeness (QED) is 0.140. The zero-order valence-electron chi connectivity index (χ0n) is 21.2. The molecular weight excluding hydrogens is 542 g/mol. The van der Waals surface area contributed by atoms with Crippen molar-refractivity contribution in [3.63, 3.8) is 0 Å². The lowest BCUT2D eigenvalue weighted by atomic mass is 9.73. The van der Waals surface area contributed by atoms with Crippen molar-refractivity contribution in [2.24, 2.45) is 5.41 Å². The van der Waals surface area contributed by atoms with E-state index >= 15 is 4.39 Å². The predicted molar refractivity (Wildman–Crippen MR) is 136 cm³/mol. The molecule has 1 aromatic heterocycles. The second-order valence-corrected chi connectivity index (χ2v) is 9.93. The van der Waals surface area contributed by atoms with Gasteiger partial charge in [0.25, 0.3) is 0 Å². The molecule has 2 heterocycles. The Kier molecular flexibility index (Phi) is 9.14. The highest BCUT2D eigenvalue weighted by Gasteiger charge is 2.41. The van der Waals surface area contributed by atoms with Crippen molar-refractivity contribution in [2.75, 3.05) is 33.4 Å². The number of rotatable bonds is 10. The number of alkyl halides is 1. The number of likely N-dealkylation sites (tertiary alicyclic amines) is 1. The fourth-order valence-corrected chi connectivity index (χ4v) is 5.25. The number of methoxy groups -OCH3 is 1. The lowest BCUT2D eigenvalue weighted by molar-refractivity contribution is -0.143. The third-order valence-electron chi connectivity index (χ3n) is 7.29. The lowest BCUT2D eigenvalue weighted by Crippen LogP contribution is -2.49. The summed E-state index contributed by atoms with van der Waals surface area (Å²) in [5.74, 6) is -4.43. The summed E-state index contributed by atoms with van der Waals surface area (Å²) in [6.07, 6.45) is 0.706. The van der Waals surface area contributed by atoms with E-state index in [0.717, 1.165) is 12.1 Å². The average Bonchev–Trinajstić information content (AvgIpc) is 2.94. The van der Waals surface area contributed by atoms with Crippen molar-refractivity contribution >= 4 is 28.4 Å². The summed E-state index contributed by atoms with van der Waals surface area (Å²) in [5.41, 5.74) is 1.55. The summed E-state index contributed by atoms with van der Waals surface area (Å²) in [6, 6.07) is 6.64. The molecule has 12 heteroatoms. The highest BCUT2D eigenvalue weighted by atomic mass is 35.5. The minimum absolute atomic E-state index is 0.0196. The van der Waals surface area contributed by atoms with Crippen LogP contribution in [0.25, 0.3) is 10.9 Å². The Balaban J connectivity index is 1.39. The van der Waals surface area contributed by atoms with E-state index in [1.807, 2.05) is 4.90 Å². The molecule has 2 N–H and O–H groups in total. The third-order valence-corrected chi connectivity index (χ3v) is 7.59. The minimum atomic E-state index is -1.56. The van der Waals surface area contributed by atoms with Gasteiger partial charge >= 0.3 is 0 Å². The summed E-state index contributed by atoms with van der Waals surface area (Å²) >= 11 is 6.34. The molecule has 1 amide bonds. The summed E-state index contributed by atoms with van der Waals surface area (Å²) < 4.78 is 66.2. The van der Waals surface area contributed by atoms with Crippen molar-refractivity contribution in [2.45, 2.75) is 31.9 Å². The molecule has 7 nitrogen and oxygen atoms in total. The van der Waals surface area contributed by atoms with Gasteiger partial charge in [-0.15, -0.1) is 0 Å². The van der Waals surface area contributed by atoms with Gasteiger partial charge in [-0.2, -0.15) is 0 Å². The van der Waals surface area contributed by atoms with Gasteiger partial charge in [0.1, 0.15) is 24.3 Å². The van der Waals surface area contributed by atoms with Gasteiger partial charge in [-0.1, -0.05) is 11.6 Å². The molecule has 1 unspecified atom stereocenters. The zero-order chi connectivity index (χ0) is 28.2. The molecule has 3 aromatic rings. The van der Waals surface area contributed by atoms with Crippen molar-refractivity contribution < 1.29 is 37.0 Å². The van der Waals surface area contributed by atoms with Crippen LogP contribution in [0.4, 0.5) is 17.6 Å². The van der Waals surface area contributed by atoms with Crippen molar-refractivity contribution in [1.82, 2.24) is 15.4 Å². The molecule has 0 bridgehead atoms. The number of nitrogens with zero attached hydrogens (tertiary/aromatic N) is 2. The third kappa shape index (κ3) is 6.37. The molecule has 0 aliphatic carbocycles. The number of halogens is 5. The molecule has 39 heavy (non-hydrogen) atoms. The van der Waals surface area contributed by atoms with Gasteiger partial charge in [0.05, 0.1) is 23.1 Å². The number of nitrogens with one attached hydrogen (secondary N) is 1. The fraction of sp³-hybridized carbons (Fsp3) is 0.407. The van der Waals surface area contributed by atoms with Crippen molar-refractivity contribution in [3.8, 4) is 11.5 Å². The molecule has 4 rings (SSSR count). The van der Waals surface area contributed by atoms with E-state index in [4.69, 9.17) is 21.1 Å². The molecule has 0 radical (unpaired) electrons. The normalized spacial score (nSPS) is 16.2. The van der Waals surface area contributed by atoms with Crippen LogP contribution in [0.15, 0.2) is 36.5 Å². The van der Waals surface area contributed by atoms with Crippen LogP contribution in [0.2, 0.25) is 5.02 Å². The number of hydrogen-bond acceptors (Lipinski definition) is 6. The van der Waals surface area contributed by atoms with Crippen LogP contribution in [0.1, 0.15) is 37.4 Å². The van der Waals surface area contributed by atoms with E-state index in [0.29, 0.717) is 49.1 Å². The second-order valence-electron chi connectivity index (χ2n) is 9.52. The fourth-order valence-electron chi connectivity index (χ4n) is 4.98. The van der Waals surface area contributed by atoms with Gasteiger partial charge in [0.15, 0.2) is 17.5 Å². The molecule has 1 fully saturated rings. The molecule has 0 spiro atoms. The summed E-state index contributed by atoms with van der Waals surface area (Å²) in [6.45, 7) is 1.34. The summed E-state index contributed by atoms with van der Waals surface area (Å²) in [7, 11) is 1.50. The first-order valence-corrected chi connectivity index (χ1v) is 12.8. The predicted octanol–water partition coefficient (Wildman–Crippen LogP) is 5.77. The minimum Gasteiger partial charge on any atom is -0.497 e. The maximum Gasteiger partial charge on any atom is 0.249 e. The average molecular weight is 570 g/mol. The van der Waals surface area contributed by atoms with E-state index in [1.165, 1.54) is 13.3 Å². The Morgan fingerprint density at radius 2 is 1.87 bits per heavy atom. The van der Waals surface area contributed by atoms with Crippen LogP contribution in [0.5, 0.6) is 11.5 Å². The summed E-state index contributed by atoms with van der Waals surface area (Å²) in [4.78, 5) is 18.9. The van der Waals surface area contributed by atoms with Crippen LogP contribution >= 0.6 is 11.6 Å². The highest BCUT2D eigenvalue weighted by Crippen LogP contribution is 2.42. The van der Waals surface area contributed by atoms with E-state index in [-0.39, 0.29) is 35.8 Å². The largest absolute Gasteiger partial charge is 0.497 e. The number of benzene rings is 2. The zero-order valence-corrected chi connectivity index (χ0v) is 21.9. The first-order chi connectivity index (χ1) is 18.7.